The Labute approximate surface area is 82.0 Å². The lowest BCUT2D eigenvalue weighted by Gasteiger charge is -1.99. The van der Waals surface area contributed by atoms with E-state index in [2.05, 4.69) is 0 Å². The van der Waals surface area contributed by atoms with E-state index in [1.807, 2.05) is 6.26 Å². The Morgan fingerprint density at radius 3 is 2.54 bits per heavy atom. The number of Topliss-reactive ketones (excluding diaryl/α,β-unsaturated/α-hetero) is 1. The second kappa shape index (κ2) is 4.92. The van der Waals surface area contributed by atoms with Gasteiger partial charge in [0.2, 0.25) is 0 Å². The molecule has 0 atom stereocenters. The minimum Gasteiger partial charge on any atom is -0.508 e. The number of carbonyl (C=O) groups excluding carboxylic acids is 1. The van der Waals surface area contributed by atoms with E-state index in [9.17, 15) is 4.79 Å². The van der Waals surface area contributed by atoms with Gasteiger partial charge in [-0.25, -0.2) is 0 Å². The predicted molar refractivity (Wildman–Crippen MR) is 55.2 cm³/mol. The van der Waals surface area contributed by atoms with E-state index in [1.54, 1.807) is 24.3 Å². The Bertz CT molecular complexity index is 279. The summed E-state index contributed by atoms with van der Waals surface area (Å²) < 4.78 is 0. The second-order valence-corrected chi connectivity index (χ2v) is 3.68. The monoisotopic (exact) mass is 196 g/mol. The Hall–Kier alpha value is -0.960. The third-order valence-electron chi connectivity index (χ3n) is 1.64. The molecular formula is C10H12O2S. The van der Waals surface area contributed by atoms with Crippen molar-refractivity contribution in [1.29, 1.82) is 0 Å². The van der Waals surface area contributed by atoms with Crippen LogP contribution in [-0.2, 0) is 11.2 Å². The van der Waals surface area contributed by atoms with Crippen molar-refractivity contribution in [3.05, 3.63) is 29.8 Å². The van der Waals surface area contributed by atoms with Crippen molar-refractivity contribution in [3.8, 4) is 5.75 Å². The maximum Gasteiger partial charge on any atom is 0.147 e. The molecule has 2 nitrogen and oxygen atoms in total. The van der Waals surface area contributed by atoms with Crippen molar-refractivity contribution in [3.63, 3.8) is 0 Å². The molecule has 0 bridgehead atoms. The van der Waals surface area contributed by atoms with E-state index in [0.29, 0.717) is 12.2 Å². The molecule has 0 aliphatic heterocycles. The molecule has 1 rings (SSSR count). The van der Waals surface area contributed by atoms with Crippen LogP contribution in [0.2, 0.25) is 0 Å². The third kappa shape index (κ3) is 3.51. The fourth-order valence-corrected chi connectivity index (χ4v) is 1.48. The van der Waals surface area contributed by atoms with Crippen LogP contribution in [0.1, 0.15) is 5.56 Å². The Morgan fingerprint density at radius 2 is 2.00 bits per heavy atom. The van der Waals surface area contributed by atoms with Crippen LogP contribution in [0.25, 0.3) is 0 Å². The van der Waals surface area contributed by atoms with Crippen LogP contribution < -0.4 is 0 Å². The van der Waals surface area contributed by atoms with Gasteiger partial charge >= 0.3 is 0 Å². The number of phenols is 1. The molecule has 0 saturated heterocycles. The molecule has 0 amide bonds. The Balaban J connectivity index is 2.54. The highest BCUT2D eigenvalue weighted by molar-refractivity contribution is 7.99. The van der Waals surface area contributed by atoms with E-state index >= 15 is 0 Å². The number of rotatable bonds is 4. The summed E-state index contributed by atoms with van der Waals surface area (Å²) in [5.74, 6) is 1.01. The lowest BCUT2D eigenvalue weighted by Crippen LogP contribution is -2.04. The highest BCUT2D eigenvalue weighted by Crippen LogP contribution is 2.10. The first kappa shape index (κ1) is 10.1. The first-order valence-corrected chi connectivity index (χ1v) is 5.40. The van der Waals surface area contributed by atoms with E-state index in [0.717, 1.165) is 5.56 Å². The molecule has 0 radical (unpaired) electrons. The van der Waals surface area contributed by atoms with Gasteiger partial charge in [0.25, 0.3) is 0 Å². The van der Waals surface area contributed by atoms with E-state index in [4.69, 9.17) is 5.11 Å². The van der Waals surface area contributed by atoms with E-state index in [1.165, 1.54) is 11.8 Å². The van der Waals surface area contributed by atoms with Crippen molar-refractivity contribution in [2.45, 2.75) is 6.42 Å². The highest BCUT2D eigenvalue weighted by atomic mass is 32.2. The summed E-state index contributed by atoms with van der Waals surface area (Å²) >= 11 is 1.53. The van der Waals surface area contributed by atoms with Crippen LogP contribution in [0.5, 0.6) is 5.75 Å². The maximum atomic E-state index is 11.2. The minimum absolute atomic E-state index is 0.221. The zero-order valence-corrected chi connectivity index (χ0v) is 8.30. The first-order chi connectivity index (χ1) is 6.22. The summed E-state index contributed by atoms with van der Waals surface area (Å²) in [6.07, 6.45) is 2.37. The average Bonchev–Trinajstić information content (AvgIpc) is 2.09. The molecule has 0 saturated carbocycles. The zero-order valence-electron chi connectivity index (χ0n) is 7.49. The molecule has 1 aromatic carbocycles. The molecule has 3 heteroatoms. The summed E-state index contributed by atoms with van der Waals surface area (Å²) in [6, 6.07) is 6.74. The average molecular weight is 196 g/mol. The Kier molecular flexibility index (Phi) is 3.83. The van der Waals surface area contributed by atoms with Gasteiger partial charge in [-0.15, -0.1) is 0 Å². The molecule has 70 valence electrons. The van der Waals surface area contributed by atoms with Crippen molar-refractivity contribution < 1.29 is 9.90 Å². The first-order valence-electron chi connectivity index (χ1n) is 4.01. The lowest BCUT2D eigenvalue weighted by atomic mass is 10.1. The van der Waals surface area contributed by atoms with Gasteiger partial charge in [0, 0.05) is 6.42 Å². The molecule has 13 heavy (non-hydrogen) atoms. The molecule has 0 spiro atoms. The molecular weight excluding hydrogens is 184 g/mol. The van der Waals surface area contributed by atoms with Crippen LogP contribution in [0.4, 0.5) is 0 Å². The van der Waals surface area contributed by atoms with Crippen molar-refractivity contribution >= 4 is 17.5 Å². The molecule has 0 aromatic heterocycles. The molecule has 1 aromatic rings. The number of carbonyl (C=O) groups is 1. The number of phenolic OH excluding ortho intramolecular Hbond substituents is 1. The zero-order chi connectivity index (χ0) is 9.68. The number of ketones is 1. The predicted octanol–water partition coefficient (Wildman–Crippen LogP) is 1.87. The van der Waals surface area contributed by atoms with Crippen molar-refractivity contribution in [1.82, 2.24) is 0 Å². The van der Waals surface area contributed by atoms with Crippen LogP contribution >= 0.6 is 11.8 Å². The molecule has 0 heterocycles. The fourth-order valence-electron chi connectivity index (χ4n) is 1.05. The van der Waals surface area contributed by atoms with Crippen LogP contribution in [0.3, 0.4) is 0 Å². The van der Waals surface area contributed by atoms with Gasteiger partial charge in [-0.2, -0.15) is 11.8 Å². The fraction of sp³-hybridized carbons (Fsp3) is 0.300. The SMILES string of the molecule is CSCC(=O)Cc1ccc(O)cc1. The summed E-state index contributed by atoms with van der Waals surface area (Å²) in [5, 5.41) is 9.01. The highest BCUT2D eigenvalue weighted by Gasteiger charge is 2.01. The number of hydrogen-bond acceptors (Lipinski definition) is 3. The lowest BCUT2D eigenvalue weighted by molar-refractivity contribution is -0.115. The van der Waals surface area contributed by atoms with Gasteiger partial charge in [-0.3, -0.25) is 4.79 Å². The number of benzene rings is 1. The van der Waals surface area contributed by atoms with Gasteiger partial charge in [0.1, 0.15) is 11.5 Å². The second-order valence-electron chi connectivity index (χ2n) is 2.81. The van der Waals surface area contributed by atoms with E-state index < -0.39 is 0 Å². The van der Waals surface area contributed by atoms with Crippen LogP contribution in [0, 0.1) is 0 Å². The molecule has 0 aliphatic carbocycles. The summed E-state index contributed by atoms with van der Waals surface area (Å²) in [4.78, 5) is 11.2. The van der Waals surface area contributed by atoms with Crippen LogP contribution in [0.15, 0.2) is 24.3 Å². The molecule has 0 aliphatic rings. The number of thioether (sulfide) groups is 1. The van der Waals surface area contributed by atoms with Crippen molar-refractivity contribution in [2.75, 3.05) is 12.0 Å². The molecule has 0 fully saturated rings. The summed E-state index contributed by atoms with van der Waals surface area (Å²) in [6.45, 7) is 0. The summed E-state index contributed by atoms with van der Waals surface area (Å²) in [7, 11) is 0. The number of hydrogen-bond donors (Lipinski definition) is 1. The van der Waals surface area contributed by atoms with Gasteiger partial charge in [-0.05, 0) is 24.0 Å². The standard InChI is InChI=1S/C10H12O2S/c1-13-7-10(12)6-8-2-4-9(11)5-3-8/h2-5,11H,6-7H2,1H3. The minimum atomic E-state index is 0.221. The summed E-state index contributed by atoms with van der Waals surface area (Å²) in [5.41, 5.74) is 0.955. The van der Waals surface area contributed by atoms with Crippen LogP contribution in [-0.4, -0.2) is 22.9 Å². The van der Waals surface area contributed by atoms with Gasteiger partial charge in [0.15, 0.2) is 0 Å². The van der Waals surface area contributed by atoms with Gasteiger partial charge in [-0.1, -0.05) is 12.1 Å². The maximum absolute atomic E-state index is 11.2. The third-order valence-corrected chi connectivity index (χ3v) is 2.25. The Morgan fingerprint density at radius 1 is 1.38 bits per heavy atom. The number of aromatic hydroxyl groups is 1. The largest absolute Gasteiger partial charge is 0.508 e. The quantitative estimate of drug-likeness (QED) is 0.798. The van der Waals surface area contributed by atoms with Gasteiger partial charge < -0.3 is 5.11 Å². The van der Waals surface area contributed by atoms with Gasteiger partial charge in [0.05, 0.1) is 5.75 Å². The normalized spacial score (nSPS) is 9.92. The molecule has 0 unspecified atom stereocenters. The topological polar surface area (TPSA) is 37.3 Å². The molecule has 1 N–H and O–H groups in total. The van der Waals surface area contributed by atoms with E-state index in [-0.39, 0.29) is 11.5 Å². The van der Waals surface area contributed by atoms with Crippen molar-refractivity contribution in [2.24, 2.45) is 0 Å². The smallest absolute Gasteiger partial charge is 0.147 e.